The molecular weight excluding hydrogens is 260 g/mol. The maximum atomic E-state index is 12.0. The van der Waals surface area contributed by atoms with E-state index in [0.29, 0.717) is 11.1 Å². The predicted molar refractivity (Wildman–Crippen MR) is 73.5 cm³/mol. The summed E-state index contributed by atoms with van der Waals surface area (Å²) in [7, 11) is 1.39. The fourth-order valence-corrected chi connectivity index (χ4v) is 2.77. The lowest BCUT2D eigenvalue weighted by Gasteiger charge is -2.14. The Morgan fingerprint density at radius 2 is 1.89 bits per heavy atom. The van der Waals surface area contributed by atoms with Gasteiger partial charge in [0.1, 0.15) is 0 Å². The van der Waals surface area contributed by atoms with Crippen LogP contribution in [0.5, 0.6) is 0 Å². The minimum Gasteiger partial charge on any atom is -0.492 e. The molecule has 4 heteroatoms. The lowest BCUT2D eigenvalue weighted by atomic mass is 9.91. The van der Waals surface area contributed by atoms with Crippen LogP contribution in [-0.2, 0) is 4.74 Å². The van der Waals surface area contributed by atoms with Crippen molar-refractivity contribution in [2.75, 3.05) is 7.11 Å². The van der Waals surface area contributed by atoms with Gasteiger partial charge >= 0.3 is 0 Å². The van der Waals surface area contributed by atoms with E-state index in [1.807, 2.05) is 22.9 Å². The number of ether oxygens (including phenoxy) is 1. The Bertz CT molecular complexity index is 696. The molecule has 19 heavy (non-hydrogen) atoms. The first-order valence-corrected chi connectivity index (χ1v) is 6.66. The summed E-state index contributed by atoms with van der Waals surface area (Å²) >= 11 is 1.59. The van der Waals surface area contributed by atoms with Crippen molar-refractivity contribution in [3.8, 4) is 11.1 Å². The van der Waals surface area contributed by atoms with Crippen LogP contribution in [0.4, 0.5) is 0 Å². The fraction of sp³-hybridized carbons (Fsp3) is 0.0667. The molecule has 94 valence electrons. The molecule has 0 fully saturated rings. The van der Waals surface area contributed by atoms with Crippen molar-refractivity contribution in [3.63, 3.8) is 0 Å². The van der Waals surface area contributed by atoms with Crippen LogP contribution in [0.1, 0.15) is 20.7 Å². The number of carbonyl (C=O) groups is 2. The number of Topliss-reactive ketones (excluding diaryl/α,β-unsaturated/α-hetero) is 1. The zero-order valence-electron chi connectivity index (χ0n) is 10.2. The number of benzene rings is 1. The number of carbonyl (C=O) groups excluding carboxylic acids is 2. The highest BCUT2D eigenvalue weighted by Crippen LogP contribution is 2.28. The molecule has 0 atom stereocenters. The van der Waals surface area contributed by atoms with E-state index in [4.69, 9.17) is 4.74 Å². The lowest BCUT2D eigenvalue weighted by molar-refractivity contribution is 0.0917. The molecule has 1 aliphatic carbocycles. The number of hydrogen-bond donors (Lipinski definition) is 0. The van der Waals surface area contributed by atoms with Gasteiger partial charge in [0.15, 0.2) is 11.5 Å². The standard InChI is InChI=1S/C15H10O3S/c1-18-14-7-13(16)12-6-9(10-4-5-19-8-10)2-3-11(12)15(14)17/h2-8H,1H3. The largest absolute Gasteiger partial charge is 0.492 e. The first-order valence-electron chi connectivity index (χ1n) is 5.72. The summed E-state index contributed by atoms with van der Waals surface area (Å²) in [6.07, 6.45) is 1.25. The Morgan fingerprint density at radius 3 is 2.58 bits per heavy atom. The van der Waals surface area contributed by atoms with E-state index in [-0.39, 0.29) is 17.3 Å². The average Bonchev–Trinajstić information content (AvgIpc) is 2.96. The van der Waals surface area contributed by atoms with Crippen molar-refractivity contribution in [1.82, 2.24) is 0 Å². The molecule has 3 nitrogen and oxygen atoms in total. The maximum Gasteiger partial charge on any atom is 0.228 e. The third kappa shape index (κ3) is 1.90. The van der Waals surface area contributed by atoms with Gasteiger partial charge in [0, 0.05) is 17.2 Å². The van der Waals surface area contributed by atoms with Gasteiger partial charge in [-0.15, -0.1) is 0 Å². The topological polar surface area (TPSA) is 43.4 Å². The van der Waals surface area contributed by atoms with Gasteiger partial charge < -0.3 is 4.74 Å². The van der Waals surface area contributed by atoms with Gasteiger partial charge in [0.2, 0.25) is 5.78 Å². The molecule has 3 rings (SSSR count). The van der Waals surface area contributed by atoms with Crippen molar-refractivity contribution < 1.29 is 14.3 Å². The second kappa shape index (κ2) is 4.48. The van der Waals surface area contributed by atoms with Gasteiger partial charge in [-0.1, -0.05) is 6.07 Å². The molecule has 0 amide bonds. The number of rotatable bonds is 2. The van der Waals surface area contributed by atoms with Gasteiger partial charge in [-0.2, -0.15) is 11.3 Å². The van der Waals surface area contributed by atoms with Crippen LogP contribution in [0.15, 0.2) is 46.9 Å². The zero-order chi connectivity index (χ0) is 13.4. The third-order valence-electron chi connectivity index (χ3n) is 3.09. The SMILES string of the molecule is COC1=CC(=O)c2cc(-c3ccsc3)ccc2C1=O. The molecule has 0 unspecified atom stereocenters. The van der Waals surface area contributed by atoms with E-state index >= 15 is 0 Å². The first kappa shape index (κ1) is 11.9. The minimum absolute atomic E-state index is 0.0979. The van der Waals surface area contributed by atoms with Gasteiger partial charge in [0.05, 0.1) is 7.11 Å². The quantitative estimate of drug-likeness (QED) is 0.840. The Labute approximate surface area is 114 Å². The monoisotopic (exact) mass is 270 g/mol. The van der Waals surface area contributed by atoms with Gasteiger partial charge in [0.25, 0.3) is 0 Å². The number of fused-ring (bicyclic) bond motifs is 1. The molecule has 0 N–H and O–H groups in total. The molecule has 0 aliphatic heterocycles. The summed E-state index contributed by atoms with van der Waals surface area (Å²) < 4.78 is 4.93. The summed E-state index contributed by atoms with van der Waals surface area (Å²) in [4.78, 5) is 24.1. The third-order valence-corrected chi connectivity index (χ3v) is 3.77. The number of allylic oxidation sites excluding steroid dienone is 2. The molecule has 0 saturated carbocycles. The second-order valence-electron chi connectivity index (χ2n) is 4.18. The molecular formula is C15H10O3S. The molecule has 1 aliphatic rings. The van der Waals surface area contributed by atoms with Crippen molar-refractivity contribution in [2.45, 2.75) is 0 Å². The van der Waals surface area contributed by atoms with Crippen LogP contribution in [0.3, 0.4) is 0 Å². The number of hydrogen-bond acceptors (Lipinski definition) is 4. The van der Waals surface area contributed by atoms with Crippen molar-refractivity contribution >= 4 is 22.9 Å². The number of methoxy groups -OCH3 is 1. The number of ketones is 2. The zero-order valence-corrected chi connectivity index (χ0v) is 11.0. The van der Waals surface area contributed by atoms with E-state index < -0.39 is 0 Å². The average molecular weight is 270 g/mol. The number of thiophene rings is 1. The second-order valence-corrected chi connectivity index (χ2v) is 4.96. The van der Waals surface area contributed by atoms with Gasteiger partial charge in [-0.05, 0) is 40.1 Å². The molecule has 1 aromatic carbocycles. The summed E-state index contributed by atoms with van der Waals surface area (Å²) in [5, 5.41) is 3.98. The summed E-state index contributed by atoms with van der Waals surface area (Å²) in [5.41, 5.74) is 2.84. The normalized spacial score (nSPS) is 14.1. The predicted octanol–water partition coefficient (Wildman–Crippen LogP) is 3.32. The van der Waals surface area contributed by atoms with Crippen LogP contribution < -0.4 is 0 Å². The van der Waals surface area contributed by atoms with Crippen molar-refractivity contribution in [3.05, 3.63) is 58.0 Å². The molecule has 1 aromatic heterocycles. The van der Waals surface area contributed by atoms with Crippen LogP contribution in [-0.4, -0.2) is 18.7 Å². The lowest BCUT2D eigenvalue weighted by Crippen LogP contribution is -2.17. The highest BCUT2D eigenvalue weighted by molar-refractivity contribution is 7.08. The maximum absolute atomic E-state index is 12.0. The highest BCUT2D eigenvalue weighted by Gasteiger charge is 2.26. The van der Waals surface area contributed by atoms with Crippen molar-refractivity contribution in [1.29, 1.82) is 0 Å². The first-order chi connectivity index (χ1) is 9.20. The van der Waals surface area contributed by atoms with Gasteiger partial charge in [-0.25, -0.2) is 0 Å². The van der Waals surface area contributed by atoms with Gasteiger partial charge in [-0.3, -0.25) is 9.59 Å². The Balaban J connectivity index is 2.13. The minimum atomic E-state index is -0.242. The van der Waals surface area contributed by atoms with Crippen LogP contribution in [0.25, 0.3) is 11.1 Å². The molecule has 1 heterocycles. The summed E-state index contributed by atoms with van der Waals surface area (Å²) in [6.45, 7) is 0. The Morgan fingerprint density at radius 1 is 1.05 bits per heavy atom. The summed E-state index contributed by atoms with van der Waals surface area (Å²) in [5.74, 6) is -0.335. The van der Waals surface area contributed by atoms with Crippen molar-refractivity contribution in [2.24, 2.45) is 0 Å². The van der Waals surface area contributed by atoms with Crippen LogP contribution in [0.2, 0.25) is 0 Å². The summed E-state index contributed by atoms with van der Waals surface area (Å²) in [6, 6.07) is 7.29. The van der Waals surface area contributed by atoms with E-state index in [9.17, 15) is 9.59 Å². The highest BCUT2D eigenvalue weighted by atomic mass is 32.1. The van der Waals surface area contributed by atoms with E-state index in [2.05, 4.69) is 0 Å². The van der Waals surface area contributed by atoms with E-state index in [1.165, 1.54) is 13.2 Å². The van der Waals surface area contributed by atoms with E-state index in [0.717, 1.165) is 11.1 Å². The molecule has 0 saturated heterocycles. The molecule has 2 aromatic rings. The van der Waals surface area contributed by atoms with Crippen LogP contribution >= 0.6 is 11.3 Å². The molecule has 0 bridgehead atoms. The molecule has 0 spiro atoms. The fourth-order valence-electron chi connectivity index (χ4n) is 2.10. The molecule has 0 radical (unpaired) electrons. The Hall–Kier alpha value is -2.20. The van der Waals surface area contributed by atoms with Crippen LogP contribution in [0, 0.1) is 0 Å². The smallest absolute Gasteiger partial charge is 0.228 e. The van der Waals surface area contributed by atoms with E-state index in [1.54, 1.807) is 23.5 Å². The Kier molecular flexibility index (Phi) is 2.80.